The Kier molecular flexibility index (Phi) is 5.92. The molecule has 0 spiro atoms. The second kappa shape index (κ2) is 8.37. The maximum Gasteiger partial charge on any atom is 0.241 e. The summed E-state index contributed by atoms with van der Waals surface area (Å²) in [5.74, 6) is -0.211. The second-order valence-corrected chi connectivity index (χ2v) is 8.24. The largest absolute Gasteiger partial charge is 0.326 e. The van der Waals surface area contributed by atoms with Gasteiger partial charge in [-0.2, -0.15) is 4.72 Å². The van der Waals surface area contributed by atoms with Crippen LogP contribution in [0.1, 0.15) is 29.7 Å². The number of amides is 1. The van der Waals surface area contributed by atoms with E-state index in [0.29, 0.717) is 5.69 Å². The van der Waals surface area contributed by atoms with E-state index in [-0.39, 0.29) is 10.8 Å². The van der Waals surface area contributed by atoms with E-state index >= 15 is 0 Å². The number of rotatable bonds is 6. The fourth-order valence-corrected chi connectivity index (χ4v) is 4.21. The summed E-state index contributed by atoms with van der Waals surface area (Å²) >= 11 is 0. The zero-order valence-corrected chi connectivity index (χ0v) is 16.5. The van der Waals surface area contributed by atoms with Crippen LogP contribution in [0.2, 0.25) is 0 Å². The van der Waals surface area contributed by atoms with Crippen molar-refractivity contribution >= 4 is 21.6 Å². The topological polar surface area (TPSA) is 75.3 Å². The van der Waals surface area contributed by atoms with Gasteiger partial charge in [-0.25, -0.2) is 8.42 Å². The standard InChI is InChI=1S/C22H22N2O3S/c1-16-8-6-7-11-21(16)22(18-9-4-3-5-10-18)24-28(26,27)20-14-12-19(13-15-20)23-17(2)25/h3-15,22,24H,1-2H3,(H,23,25). The molecule has 0 radical (unpaired) electrons. The highest BCUT2D eigenvalue weighted by atomic mass is 32.2. The zero-order valence-electron chi connectivity index (χ0n) is 15.7. The number of carbonyl (C=O) groups is 1. The maximum absolute atomic E-state index is 13.0. The fraction of sp³-hybridized carbons (Fsp3) is 0.136. The predicted molar refractivity (Wildman–Crippen MR) is 111 cm³/mol. The van der Waals surface area contributed by atoms with Gasteiger partial charge in [0.15, 0.2) is 0 Å². The Labute approximate surface area is 165 Å². The lowest BCUT2D eigenvalue weighted by Gasteiger charge is -2.21. The van der Waals surface area contributed by atoms with Crippen molar-refractivity contribution in [3.63, 3.8) is 0 Å². The Hall–Kier alpha value is -2.96. The van der Waals surface area contributed by atoms with Crippen molar-refractivity contribution in [1.29, 1.82) is 0 Å². The number of hydrogen-bond donors (Lipinski definition) is 2. The highest BCUT2D eigenvalue weighted by molar-refractivity contribution is 7.89. The van der Waals surface area contributed by atoms with Crippen molar-refractivity contribution in [2.45, 2.75) is 24.8 Å². The first-order chi connectivity index (χ1) is 13.4. The third-order valence-corrected chi connectivity index (χ3v) is 5.83. The summed E-state index contributed by atoms with van der Waals surface area (Å²) in [6.07, 6.45) is 0. The smallest absolute Gasteiger partial charge is 0.241 e. The summed E-state index contributed by atoms with van der Waals surface area (Å²) < 4.78 is 28.9. The molecule has 0 saturated carbocycles. The Balaban J connectivity index is 1.96. The average molecular weight is 394 g/mol. The van der Waals surface area contributed by atoms with Crippen molar-refractivity contribution in [3.05, 3.63) is 95.6 Å². The molecule has 0 aliphatic heterocycles. The summed E-state index contributed by atoms with van der Waals surface area (Å²) in [4.78, 5) is 11.3. The van der Waals surface area contributed by atoms with E-state index in [4.69, 9.17) is 0 Å². The first kappa shape index (κ1) is 19.8. The van der Waals surface area contributed by atoms with Crippen LogP contribution in [0, 0.1) is 6.92 Å². The molecular formula is C22H22N2O3S. The first-order valence-corrected chi connectivity index (χ1v) is 10.4. The highest BCUT2D eigenvalue weighted by Crippen LogP contribution is 2.27. The molecule has 3 aromatic carbocycles. The van der Waals surface area contributed by atoms with Crippen molar-refractivity contribution in [3.8, 4) is 0 Å². The molecule has 1 unspecified atom stereocenters. The van der Waals surface area contributed by atoms with Crippen LogP contribution in [0.25, 0.3) is 0 Å². The van der Waals surface area contributed by atoms with Gasteiger partial charge in [-0.05, 0) is 47.9 Å². The number of hydrogen-bond acceptors (Lipinski definition) is 3. The number of benzene rings is 3. The van der Waals surface area contributed by atoms with Crippen LogP contribution in [0.3, 0.4) is 0 Å². The SMILES string of the molecule is CC(=O)Nc1ccc(S(=O)(=O)NC(c2ccccc2)c2ccccc2C)cc1. The van der Waals surface area contributed by atoms with Gasteiger partial charge in [0.25, 0.3) is 0 Å². The monoisotopic (exact) mass is 394 g/mol. The number of aryl methyl sites for hydroxylation is 1. The first-order valence-electron chi connectivity index (χ1n) is 8.87. The summed E-state index contributed by atoms with van der Waals surface area (Å²) in [6.45, 7) is 3.36. The van der Waals surface area contributed by atoms with Crippen LogP contribution >= 0.6 is 0 Å². The van der Waals surface area contributed by atoms with Crippen molar-refractivity contribution in [2.24, 2.45) is 0 Å². The average Bonchev–Trinajstić information content (AvgIpc) is 2.67. The molecule has 1 atom stereocenters. The van der Waals surface area contributed by atoms with Gasteiger partial charge in [-0.15, -0.1) is 0 Å². The lowest BCUT2D eigenvalue weighted by atomic mass is 9.96. The summed E-state index contributed by atoms with van der Waals surface area (Å²) in [7, 11) is -3.78. The van der Waals surface area contributed by atoms with Crippen LogP contribution in [0.5, 0.6) is 0 Å². The molecule has 0 aliphatic rings. The van der Waals surface area contributed by atoms with E-state index in [1.807, 2.05) is 61.5 Å². The lowest BCUT2D eigenvalue weighted by Crippen LogP contribution is -2.30. The summed E-state index contributed by atoms with van der Waals surface area (Å²) in [5.41, 5.74) is 3.30. The quantitative estimate of drug-likeness (QED) is 0.663. The van der Waals surface area contributed by atoms with Gasteiger partial charge in [0.1, 0.15) is 0 Å². The second-order valence-electron chi connectivity index (χ2n) is 6.53. The molecule has 0 saturated heterocycles. The van der Waals surface area contributed by atoms with Crippen LogP contribution in [-0.2, 0) is 14.8 Å². The van der Waals surface area contributed by atoms with Gasteiger partial charge in [0.05, 0.1) is 10.9 Å². The molecule has 3 aromatic rings. The molecule has 0 aliphatic carbocycles. The van der Waals surface area contributed by atoms with E-state index in [1.165, 1.54) is 19.1 Å². The highest BCUT2D eigenvalue weighted by Gasteiger charge is 2.24. The van der Waals surface area contributed by atoms with E-state index in [0.717, 1.165) is 16.7 Å². The normalized spacial score (nSPS) is 12.4. The van der Waals surface area contributed by atoms with Gasteiger partial charge in [-0.3, -0.25) is 4.79 Å². The Bertz CT molecular complexity index is 1060. The third-order valence-electron chi connectivity index (χ3n) is 4.39. The van der Waals surface area contributed by atoms with Gasteiger partial charge < -0.3 is 5.32 Å². The molecule has 1 amide bonds. The zero-order chi connectivity index (χ0) is 20.1. The number of sulfonamides is 1. The van der Waals surface area contributed by atoms with Crippen molar-refractivity contribution in [2.75, 3.05) is 5.32 Å². The molecule has 6 heteroatoms. The lowest BCUT2D eigenvalue weighted by molar-refractivity contribution is -0.114. The van der Waals surface area contributed by atoms with Gasteiger partial charge in [0, 0.05) is 12.6 Å². The Morgan fingerprint density at radius 3 is 2.07 bits per heavy atom. The molecule has 0 aromatic heterocycles. The number of nitrogens with one attached hydrogen (secondary N) is 2. The Morgan fingerprint density at radius 2 is 1.46 bits per heavy atom. The maximum atomic E-state index is 13.0. The van der Waals surface area contributed by atoms with E-state index < -0.39 is 16.1 Å². The minimum Gasteiger partial charge on any atom is -0.326 e. The minimum atomic E-state index is -3.78. The molecule has 0 bridgehead atoms. The molecule has 144 valence electrons. The number of anilines is 1. The van der Waals surface area contributed by atoms with Crippen molar-refractivity contribution in [1.82, 2.24) is 4.72 Å². The molecule has 5 nitrogen and oxygen atoms in total. The molecule has 3 rings (SSSR count). The Morgan fingerprint density at radius 1 is 0.857 bits per heavy atom. The van der Waals surface area contributed by atoms with Gasteiger partial charge >= 0.3 is 0 Å². The number of carbonyl (C=O) groups excluding carboxylic acids is 1. The van der Waals surface area contributed by atoms with Crippen LogP contribution in [0.15, 0.2) is 83.8 Å². The fourth-order valence-electron chi connectivity index (χ4n) is 3.01. The van der Waals surface area contributed by atoms with Crippen LogP contribution in [-0.4, -0.2) is 14.3 Å². The van der Waals surface area contributed by atoms with Gasteiger partial charge in [-0.1, -0.05) is 54.6 Å². The van der Waals surface area contributed by atoms with Crippen LogP contribution < -0.4 is 10.0 Å². The summed E-state index contributed by atoms with van der Waals surface area (Å²) in [6, 6.07) is 22.8. The van der Waals surface area contributed by atoms with E-state index in [9.17, 15) is 13.2 Å². The predicted octanol–water partition coefficient (Wildman–Crippen LogP) is 4.02. The summed E-state index contributed by atoms with van der Waals surface area (Å²) in [5, 5.41) is 2.63. The van der Waals surface area contributed by atoms with Gasteiger partial charge in [0.2, 0.25) is 15.9 Å². The molecule has 28 heavy (non-hydrogen) atoms. The third kappa shape index (κ3) is 4.65. The molecular weight excluding hydrogens is 372 g/mol. The van der Waals surface area contributed by atoms with E-state index in [1.54, 1.807) is 12.1 Å². The minimum absolute atomic E-state index is 0.135. The molecule has 0 heterocycles. The van der Waals surface area contributed by atoms with E-state index in [2.05, 4.69) is 10.0 Å². The molecule has 0 fully saturated rings. The van der Waals surface area contributed by atoms with Crippen molar-refractivity contribution < 1.29 is 13.2 Å². The van der Waals surface area contributed by atoms with Crippen LogP contribution in [0.4, 0.5) is 5.69 Å². The molecule has 2 N–H and O–H groups in total.